The van der Waals surface area contributed by atoms with Crippen molar-refractivity contribution in [2.75, 3.05) is 12.9 Å². The van der Waals surface area contributed by atoms with E-state index < -0.39 is 17.9 Å². The first-order valence-electron chi connectivity index (χ1n) is 8.79. The summed E-state index contributed by atoms with van der Waals surface area (Å²) in [6.07, 6.45) is 1.81. The minimum Gasteiger partial charge on any atom is -0.492 e. The SMILES string of the molecule is CSc1ccc(C(CC(=O)O)NC(=O)C2COc3cc(C)c(C)cc32)cc1. The van der Waals surface area contributed by atoms with Crippen molar-refractivity contribution in [3.63, 3.8) is 0 Å². The largest absolute Gasteiger partial charge is 0.492 e. The van der Waals surface area contributed by atoms with E-state index in [0.717, 1.165) is 32.9 Å². The third-order valence-electron chi connectivity index (χ3n) is 4.94. The Hall–Kier alpha value is -2.47. The van der Waals surface area contributed by atoms with Gasteiger partial charge in [0.2, 0.25) is 5.91 Å². The van der Waals surface area contributed by atoms with Crippen LogP contribution in [0.1, 0.15) is 40.6 Å². The Morgan fingerprint density at radius 3 is 2.52 bits per heavy atom. The van der Waals surface area contributed by atoms with E-state index in [4.69, 9.17) is 4.74 Å². The van der Waals surface area contributed by atoms with Crippen LogP contribution in [0.15, 0.2) is 41.3 Å². The molecule has 5 nitrogen and oxygen atoms in total. The van der Waals surface area contributed by atoms with Crippen LogP contribution in [0.25, 0.3) is 0 Å². The van der Waals surface area contributed by atoms with Gasteiger partial charge in [-0.25, -0.2) is 0 Å². The maximum atomic E-state index is 12.9. The summed E-state index contributed by atoms with van der Waals surface area (Å²) in [5.74, 6) is -0.862. The fourth-order valence-electron chi connectivity index (χ4n) is 3.22. The molecule has 0 spiro atoms. The fraction of sp³-hybridized carbons (Fsp3) is 0.333. The summed E-state index contributed by atoms with van der Waals surface area (Å²) in [7, 11) is 0. The highest BCUT2D eigenvalue weighted by atomic mass is 32.2. The summed E-state index contributed by atoms with van der Waals surface area (Å²) in [5, 5.41) is 12.2. The molecule has 1 aliphatic rings. The van der Waals surface area contributed by atoms with E-state index in [0.29, 0.717) is 0 Å². The van der Waals surface area contributed by atoms with Crippen molar-refractivity contribution in [1.82, 2.24) is 5.32 Å². The molecule has 1 amide bonds. The zero-order valence-corrected chi connectivity index (χ0v) is 16.4. The zero-order chi connectivity index (χ0) is 19.6. The molecular weight excluding hydrogens is 362 g/mol. The van der Waals surface area contributed by atoms with E-state index in [-0.39, 0.29) is 18.9 Å². The van der Waals surface area contributed by atoms with Gasteiger partial charge in [-0.3, -0.25) is 9.59 Å². The smallest absolute Gasteiger partial charge is 0.305 e. The minimum absolute atomic E-state index is 0.169. The lowest BCUT2D eigenvalue weighted by Crippen LogP contribution is -2.34. The molecule has 2 atom stereocenters. The first-order chi connectivity index (χ1) is 12.9. The van der Waals surface area contributed by atoms with Crippen molar-refractivity contribution < 1.29 is 19.4 Å². The van der Waals surface area contributed by atoms with Gasteiger partial charge in [0.05, 0.1) is 12.5 Å². The first kappa shape index (κ1) is 19.3. The second-order valence-electron chi connectivity index (χ2n) is 6.77. The van der Waals surface area contributed by atoms with Gasteiger partial charge in [0, 0.05) is 10.5 Å². The van der Waals surface area contributed by atoms with E-state index in [1.165, 1.54) is 0 Å². The van der Waals surface area contributed by atoms with Gasteiger partial charge in [-0.15, -0.1) is 11.8 Å². The number of hydrogen-bond donors (Lipinski definition) is 2. The number of carboxylic acid groups (broad SMARTS) is 1. The van der Waals surface area contributed by atoms with E-state index >= 15 is 0 Å². The number of aryl methyl sites for hydroxylation is 2. The van der Waals surface area contributed by atoms with Gasteiger partial charge >= 0.3 is 5.97 Å². The van der Waals surface area contributed by atoms with Crippen molar-refractivity contribution in [3.8, 4) is 5.75 Å². The van der Waals surface area contributed by atoms with Crippen LogP contribution in [0.4, 0.5) is 0 Å². The number of aliphatic carboxylic acids is 1. The van der Waals surface area contributed by atoms with Crippen LogP contribution >= 0.6 is 11.8 Å². The van der Waals surface area contributed by atoms with Crippen LogP contribution in [0.2, 0.25) is 0 Å². The van der Waals surface area contributed by atoms with E-state index in [1.807, 2.05) is 56.5 Å². The maximum Gasteiger partial charge on any atom is 0.305 e. The van der Waals surface area contributed by atoms with Crippen LogP contribution in [0, 0.1) is 13.8 Å². The summed E-state index contributed by atoms with van der Waals surface area (Å²) in [6.45, 7) is 4.28. The lowest BCUT2D eigenvalue weighted by atomic mass is 9.95. The van der Waals surface area contributed by atoms with Crippen LogP contribution in [-0.4, -0.2) is 29.8 Å². The topological polar surface area (TPSA) is 75.6 Å². The van der Waals surface area contributed by atoms with Gasteiger partial charge in [-0.1, -0.05) is 18.2 Å². The molecule has 0 saturated heterocycles. The Labute approximate surface area is 163 Å². The lowest BCUT2D eigenvalue weighted by Gasteiger charge is -2.20. The monoisotopic (exact) mass is 385 g/mol. The molecule has 27 heavy (non-hydrogen) atoms. The second-order valence-corrected chi connectivity index (χ2v) is 7.65. The van der Waals surface area contributed by atoms with Crippen LogP contribution in [0.5, 0.6) is 5.75 Å². The third kappa shape index (κ3) is 4.27. The normalized spacial score (nSPS) is 16.3. The number of fused-ring (bicyclic) bond motifs is 1. The van der Waals surface area contributed by atoms with Crippen molar-refractivity contribution in [2.24, 2.45) is 0 Å². The Balaban J connectivity index is 1.81. The molecule has 2 aromatic carbocycles. The molecule has 2 N–H and O–H groups in total. The van der Waals surface area contributed by atoms with Gasteiger partial charge < -0.3 is 15.2 Å². The van der Waals surface area contributed by atoms with E-state index in [9.17, 15) is 14.7 Å². The Morgan fingerprint density at radius 1 is 1.22 bits per heavy atom. The Bertz CT molecular complexity index is 863. The number of nitrogens with one attached hydrogen (secondary N) is 1. The number of hydrogen-bond acceptors (Lipinski definition) is 4. The molecule has 0 bridgehead atoms. The van der Waals surface area contributed by atoms with Crippen molar-refractivity contribution >= 4 is 23.6 Å². The number of rotatable bonds is 6. The Kier molecular flexibility index (Phi) is 5.75. The quantitative estimate of drug-likeness (QED) is 0.739. The molecular formula is C21H23NO4S. The van der Waals surface area contributed by atoms with E-state index in [1.54, 1.807) is 11.8 Å². The zero-order valence-electron chi connectivity index (χ0n) is 15.6. The number of ether oxygens (including phenoxy) is 1. The van der Waals surface area contributed by atoms with Crippen molar-refractivity contribution in [2.45, 2.75) is 37.1 Å². The molecule has 0 fully saturated rings. The number of carbonyl (C=O) groups is 2. The predicted molar refractivity (Wildman–Crippen MR) is 106 cm³/mol. The molecule has 2 unspecified atom stereocenters. The van der Waals surface area contributed by atoms with E-state index in [2.05, 4.69) is 5.32 Å². The first-order valence-corrected chi connectivity index (χ1v) is 10.0. The fourth-order valence-corrected chi connectivity index (χ4v) is 3.63. The highest BCUT2D eigenvalue weighted by Gasteiger charge is 2.32. The van der Waals surface area contributed by atoms with Crippen LogP contribution in [-0.2, 0) is 9.59 Å². The molecule has 3 rings (SSSR count). The maximum absolute atomic E-state index is 12.9. The van der Waals surface area contributed by atoms with Gasteiger partial charge in [0.25, 0.3) is 0 Å². The summed E-state index contributed by atoms with van der Waals surface area (Å²) >= 11 is 1.61. The standard InChI is InChI=1S/C21H23NO4S/c1-12-8-16-17(11-26-19(16)9-13(12)2)21(25)22-18(10-20(23)24)14-4-6-15(27-3)7-5-14/h4-9,17-18H,10-11H2,1-3H3,(H,22,25)(H,23,24). The number of carbonyl (C=O) groups excluding carboxylic acids is 1. The van der Waals surface area contributed by atoms with Gasteiger partial charge in [0.1, 0.15) is 18.3 Å². The number of carboxylic acids is 1. The molecule has 6 heteroatoms. The van der Waals surface area contributed by atoms with Gasteiger partial charge in [0.15, 0.2) is 0 Å². The average Bonchev–Trinajstić information content (AvgIpc) is 3.04. The van der Waals surface area contributed by atoms with Crippen molar-refractivity contribution in [1.29, 1.82) is 0 Å². The molecule has 0 saturated carbocycles. The molecule has 142 valence electrons. The summed E-state index contributed by atoms with van der Waals surface area (Å²) in [5.41, 5.74) is 3.87. The minimum atomic E-state index is -0.955. The summed E-state index contributed by atoms with van der Waals surface area (Å²) in [6, 6.07) is 11.0. The van der Waals surface area contributed by atoms with Gasteiger partial charge in [-0.05, 0) is 55.0 Å². The molecule has 0 aromatic heterocycles. The third-order valence-corrected chi connectivity index (χ3v) is 5.68. The van der Waals surface area contributed by atoms with Gasteiger partial charge in [-0.2, -0.15) is 0 Å². The molecule has 1 heterocycles. The van der Waals surface area contributed by atoms with Crippen LogP contribution < -0.4 is 10.1 Å². The number of amides is 1. The predicted octanol–water partition coefficient (Wildman–Crippen LogP) is 3.83. The van der Waals surface area contributed by atoms with Crippen LogP contribution in [0.3, 0.4) is 0 Å². The molecule has 0 radical (unpaired) electrons. The second kappa shape index (κ2) is 8.05. The average molecular weight is 385 g/mol. The number of thioether (sulfide) groups is 1. The molecule has 1 aliphatic heterocycles. The highest BCUT2D eigenvalue weighted by Crippen LogP contribution is 2.36. The highest BCUT2D eigenvalue weighted by molar-refractivity contribution is 7.98. The lowest BCUT2D eigenvalue weighted by molar-refractivity contribution is -0.137. The summed E-state index contributed by atoms with van der Waals surface area (Å²) in [4.78, 5) is 25.3. The Morgan fingerprint density at radius 2 is 1.89 bits per heavy atom. The summed E-state index contributed by atoms with van der Waals surface area (Å²) < 4.78 is 5.69. The molecule has 2 aromatic rings. The molecule has 0 aliphatic carbocycles. The van der Waals surface area contributed by atoms with Crippen molar-refractivity contribution in [3.05, 3.63) is 58.7 Å². The number of benzene rings is 2.